The molecule has 1 fully saturated rings. The molecular weight excluding hydrogens is 395 g/mol. The highest BCUT2D eigenvalue weighted by molar-refractivity contribution is 9.10. The minimum Gasteiger partial charge on any atom is -0.339 e. The predicted molar refractivity (Wildman–Crippen MR) is 92.8 cm³/mol. The lowest BCUT2D eigenvalue weighted by atomic mass is 10.2. The van der Waals surface area contributed by atoms with Gasteiger partial charge in [-0.1, -0.05) is 0 Å². The van der Waals surface area contributed by atoms with Gasteiger partial charge in [0.1, 0.15) is 0 Å². The Morgan fingerprint density at radius 3 is 2.55 bits per heavy atom. The third-order valence-corrected chi connectivity index (χ3v) is 3.57. The quantitative estimate of drug-likeness (QED) is 0.808. The second kappa shape index (κ2) is 9.99. The number of hydrogen-bond donors (Lipinski definition) is 1. The molecule has 0 spiro atoms. The number of nitrogens with one attached hydrogen (secondary N) is 1. The molecule has 2 amide bonds. The Labute approximate surface area is 150 Å². The first-order valence-corrected chi connectivity index (χ1v) is 7.22. The number of pyridine rings is 1. The maximum absolute atomic E-state index is 12.2. The van der Waals surface area contributed by atoms with Crippen molar-refractivity contribution in [3.8, 4) is 0 Å². The second-order valence-electron chi connectivity index (χ2n) is 4.68. The summed E-state index contributed by atoms with van der Waals surface area (Å²) < 4.78 is 0.741. The van der Waals surface area contributed by atoms with Crippen LogP contribution < -0.4 is 5.32 Å². The maximum atomic E-state index is 12.2. The lowest BCUT2D eigenvalue weighted by Gasteiger charge is -2.29. The molecule has 0 atom stereocenters. The van der Waals surface area contributed by atoms with Crippen LogP contribution in [0.1, 0.15) is 10.4 Å². The van der Waals surface area contributed by atoms with Crippen LogP contribution in [0.2, 0.25) is 0 Å². The molecule has 6 nitrogen and oxygen atoms in total. The summed E-state index contributed by atoms with van der Waals surface area (Å²) in [6, 6.07) is 1.70. The van der Waals surface area contributed by atoms with Gasteiger partial charge in [-0.15, -0.1) is 24.8 Å². The summed E-state index contributed by atoms with van der Waals surface area (Å²) in [6.45, 7) is 3.09. The van der Waals surface area contributed by atoms with E-state index in [4.69, 9.17) is 0 Å². The molecule has 1 aliphatic rings. The van der Waals surface area contributed by atoms with Gasteiger partial charge >= 0.3 is 0 Å². The van der Waals surface area contributed by atoms with Gasteiger partial charge in [0.05, 0.1) is 12.1 Å². The smallest absolute Gasteiger partial charge is 0.255 e. The Balaban J connectivity index is 0.00000220. The molecule has 1 saturated heterocycles. The number of piperazine rings is 1. The Morgan fingerprint density at radius 2 is 1.95 bits per heavy atom. The fraction of sp³-hybridized carbons (Fsp3) is 0.462. The van der Waals surface area contributed by atoms with Crippen molar-refractivity contribution in [2.24, 2.45) is 0 Å². The van der Waals surface area contributed by atoms with Crippen molar-refractivity contribution in [2.45, 2.75) is 0 Å². The number of rotatable bonds is 3. The van der Waals surface area contributed by atoms with Crippen LogP contribution in [-0.2, 0) is 4.79 Å². The molecule has 0 saturated carbocycles. The molecule has 22 heavy (non-hydrogen) atoms. The van der Waals surface area contributed by atoms with Crippen LogP contribution >= 0.6 is 40.7 Å². The molecule has 1 aromatic rings. The van der Waals surface area contributed by atoms with Crippen molar-refractivity contribution in [3.05, 3.63) is 28.5 Å². The average molecular weight is 414 g/mol. The number of halogens is 3. The highest BCUT2D eigenvalue weighted by atomic mass is 79.9. The van der Waals surface area contributed by atoms with E-state index in [0.717, 1.165) is 17.6 Å². The minimum absolute atomic E-state index is 0. The zero-order valence-electron chi connectivity index (χ0n) is 12.1. The number of carbonyl (C=O) groups excluding carboxylic acids is 2. The van der Waals surface area contributed by atoms with E-state index >= 15 is 0 Å². The number of aromatic nitrogens is 1. The number of carbonyl (C=O) groups is 2. The Hall–Kier alpha value is -0.890. The summed E-state index contributed by atoms with van der Waals surface area (Å²) in [6.07, 6.45) is 3.11. The Morgan fingerprint density at radius 1 is 1.32 bits per heavy atom. The monoisotopic (exact) mass is 412 g/mol. The van der Waals surface area contributed by atoms with Gasteiger partial charge in [-0.25, -0.2) is 0 Å². The van der Waals surface area contributed by atoms with E-state index < -0.39 is 0 Å². The van der Waals surface area contributed by atoms with E-state index in [1.807, 2.05) is 0 Å². The van der Waals surface area contributed by atoms with Crippen LogP contribution in [0.5, 0.6) is 0 Å². The van der Waals surface area contributed by atoms with Gasteiger partial charge in [0.2, 0.25) is 5.91 Å². The molecule has 2 heterocycles. The predicted octanol–water partition coefficient (Wildman–Crippen LogP) is 1.19. The van der Waals surface area contributed by atoms with Gasteiger partial charge < -0.3 is 15.1 Å². The van der Waals surface area contributed by atoms with Crippen LogP contribution in [-0.4, -0.2) is 66.4 Å². The van der Waals surface area contributed by atoms with E-state index in [1.165, 1.54) is 11.1 Å². The van der Waals surface area contributed by atoms with Gasteiger partial charge in [-0.2, -0.15) is 0 Å². The SMILES string of the molecule is CN(CC(=O)N1CCNCC1)C(=O)c1cncc(Br)c1.Cl.Cl. The number of likely N-dealkylation sites (N-methyl/N-ethyl adjacent to an activating group) is 1. The van der Waals surface area contributed by atoms with E-state index in [0.29, 0.717) is 18.7 Å². The molecule has 9 heteroatoms. The molecule has 2 rings (SSSR count). The van der Waals surface area contributed by atoms with Crippen molar-refractivity contribution in [1.29, 1.82) is 0 Å². The minimum atomic E-state index is -0.206. The van der Waals surface area contributed by atoms with Crippen molar-refractivity contribution < 1.29 is 9.59 Å². The van der Waals surface area contributed by atoms with E-state index in [9.17, 15) is 9.59 Å². The zero-order chi connectivity index (χ0) is 14.5. The highest BCUT2D eigenvalue weighted by Gasteiger charge is 2.20. The van der Waals surface area contributed by atoms with Gasteiger partial charge in [0, 0.05) is 50.1 Å². The molecule has 0 aromatic carbocycles. The van der Waals surface area contributed by atoms with Crippen molar-refractivity contribution in [2.75, 3.05) is 39.8 Å². The third-order valence-electron chi connectivity index (χ3n) is 3.14. The van der Waals surface area contributed by atoms with Crippen LogP contribution in [0.4, 0.5) is 0 Å². The first-order chi connectivity index (χ1) is 9.58. The van der Waals surface area contributed by atoms with Crippen LogP contribution in [0.25, 0.3) is 0 Å². The topological polar surface area (TPSA) is 65.5 Å². The van der Waals surface area contributed by atoms with Crippen molar-refractivity contribution in [3.63, 3.8) is 0 Å². The van der Waals surface area contributed by atoms with E-state index in [-0.39, 0.29) is 43.2 Å². The fourth-order valence-electron chi connectivity index (χ4n) is 2.04. The Bertz CT molecular complexity index is 513. The summed E-state index contributed by atoms with van der Waals surface area (Å²) in [4.78, 5) is 31.4. The molecule has 0 radical (unpaired) electrons. The summed E-state index contributed by atoms with van der Waals surface area (Å²) in [5.74, 6) is -0.229. The summed E-state index contributed by atoms with van der Waals surface area (Å²) >= 11 is 3.28. The zero-order valence-corrected chi connectivity index (χ0v) is 15.3. The third kappa shape index (κ3) is 5.72. The molecular formula is C13H19BrCl2N4O2. The van der Waals surface area contributed by atoms with E-state index in [2.05, 4.69) is 26.2 Å². The average Bonchev–Trinajstić information content (AvgIpc) is 2.47. The number of hydrogen-bond acceptors (Lipinski definition) is 4. The van der Waals surface area contributed by atoms with Crippen LogP contribution in [0.15, 0.2) is 22.9 Å². The summed E-state index contributed by atoms with van der Waals surface area (Å²) in [5, 5.41) is 3.19. The van der Waals surface area contributed by atoms with Crippen molar-refractivity contribution >= 4 is 52.6 Å². The summed E-state index contributed by atoms with van der Waals surface area (Å²) in [7, 11) is 1.63. The van der Waals surface area contributed by atoms with Gasteiger partial charge in [0.25, 0.3) is 5.91 Å². The molecule has 124 valence electrons. The normalized spacial score (nSPS) is 13.6. The van der Waals surface area contributed by atoms with E-state index in [1.54, 1.807) is 24.2 Å². The van der Waals surface area contributed by atoms with Crippen LogP contribution in [0, 0.1) is 0 Å². The van der Waals surface area contributed by atoms with Crippen molar-refractivity contribution in [1.82, 2.24) is 20.1 Å². The number of nitrogens with zero attached hydrogens (tertiary/aromatic N) is 3. The van der Waals surface area contributed by atoms with Gasteiger partial charge in [-0.3, -0.25) is 14.6 Å². The first-order valence-electron chi connectivity index (χ1n) is 6.42. The lowest BCUT2D eigenvalue weighted by molar-refractivity contribution is -0.132. The summed E-state index contributed by atoms with van der Waals surface area (Å²) in [5.41, 5.74) is 0.468. The maximum Gasteiger partial charge on any atom is 0.255 e. The Kier molecular flexibility index (Phi) is 9.59. The molecule has 1 aromatic heterocycles. The molecule has 1 aliphatic heterocycles. The highest BCUT2D eigenvalue weighted by Crippen LogP contribution is 2.11. The van der Waals surface area contributed by atoms with Crippen LogP contribution in [0.3, 0.4) is 0 Å². The number of amides is 2. The lowest BCUT2D eigenvalue weighted by Crippen LogP contribution is -2.49. The molecule has 1 N–H and O–H groups in total. The van der Waals surface area contributed by atoms with Gasteiger partial charge in [0.15, 0.2) is 0 Å². The fourth-order valence-corrected chi connectivity index (χ4v) is 2.40. The largest absolute Gasteiger partial charge is 0.339 e. The standard InChI is InChI=1S/C13H17BrN4O2.2ClH/c1-17(9-12(19)18-4-2-15-3-5-18)13(20)10-6-11(14)8-16-7-10;;/h6-8,15H,2-5,9H2,1H3;2*1H. The first kappa shape index (κ1) is 21.1. The molecule has 0 aliphatic carbocycles. The molecule has 0 unspecified atom stereocenters. The molecule has 0 bridgehead atoms. The van der Waals surface area contributed by atoms with Gasteiger partial charge in [-0.05, 0) is 22.0 Å². The second-order valence-corrected chi connectivity index (χ2v) is 5.60.